The molecule has 0 bridgehead atoms. The smallest absolute Gasteiger partial charge is 0.267 e. The van der Waals surface area contributed by atoms with Crippen molar-refractivity contribution in [1.29, 1.82) is 0 Å². The van der Waals surface area contributed by atoms with Crippen LogP contribution in [0.2, 0.25) is 0 Å². The second kappa shape index (κ2) is 4.69. The van der Waals surface area contributed by atoms with Crippen LogP contribution in [0.15, 0.2) is 35.5 Å². The van der Waals surface area contributed by atoms with Crippen LogP contribution in [0.3, 0.4) is 0 Å². The molecule has 0 amide bonds. The number of sulfonamides is 1. The third-order valence-electron chi connectivity index (χ3n) is 2.34. The molecule has 18 heavy (non-hydrogen) atoms. The first-order valence-electron chi connectivity index (χ1n) is 5.20. The topological polar surface area (TPSA) is 84.1 Å². The van der Waals surface area contributed by atoms with Crippen LogP contribution in [0, 0.1) is 6.92 Å². The van der Waals surface area contributed by atoms with Crippen molar-refractivity contribution < 1.29 is 13.2 Å². The maximum Gasteiger partial charge on any atom is 0.267 e. The molecule has 0 spiro atoms. The number of ether oxygens (including phenoxy) is 1. The van der Waals surface area contributed by atoms with E-state index in [9.17, 15) is 8.42 Å². The number of benzene rings is 1. The number of methoxy groups -OCH3 is 1. The summed E-state index contributed by atoms with van der Waals surface area (Å²) in [4.78, 5) is 6.58. The van der Waals surface area contributed by atoms with Crippen LogP contribution in [-0.4, -0.2) is 25.5 Å². The van der Waals surface area contributed by atoms with Gasteiger partial charge in [-0.1, -0.05) is 6.07 Å². The molecular weight excluding hydrogens is 254 g/mol. The van der Waals surface area contributed by atoms with Gasteiger partial charge in [0.2, 0.25) is 5.95 Å². The summed E-state index contributed by atoms with van der Waals surface area (Å²) in [5, 5.41) is 0. The highest BCUT2D eigenvalue weighted by Crippen LogP contribution is 2.25. The Labute approximate surface area is 105 Å². The predicted octanol–water partition coefficient (Wildman–Crippen LogP) is 1.53. The normalized spacial score (nSPS) is 11.2. The minimum atomic E-state index is -3.72. The number of anilines is 1. The number of imidazole rings is 1. The highest BCUT2D eigenvalue weighted by Gasteiger charge is 2.20. The van der Waals surface area contributed by atoms with Crippen LogP contribution in [0.4, 0.5) is 5.95 Å². The predicted molar refractivity (Wildman–Crippen MR) is 67.1 cm³/mol. The fourth-order valence-corrected chi connectivity index (χ4v) is 2.73. The van der Waals surface area contributed by atoms with Crippen molar-refractivity contribution in [3.05, 3.63) is 36.2 Å². The lowest BCUT2D eigenvalue weighted by Crippen LogP contribution is -2.15. The SMILES string of the molecule is COc1ccc(C)cc1S(=O)(=O)Nc1ncc[nH]1. The molecule has 0 radical (unpaired) electrons. The Kier molecular flexibility index (Phi) is 3.24. The van der Waals surface area contributed by atoms with Crippen LogP contribution in [0.5, 0.6) is 5.75 Å². The zero-order chi connectivity index (χ0) is 13.2. The number of aromatic nitrogens is 2. The van der Waals surface area contributed by atoms with E-state index in [1.165, 1.54) is 19.5 Å². The molecule has 96 valence electrons. The van der Waals surface area contributed by atoms with Crippen molar-refractivity contribution in [2.24, 2.45) is 0 Å². The second-order valence-electron chi connectivity index (χ2n) is 3.70. The van der Waals surface area contributed by atoms with E-state index in [2.05, 4.69) is 14.7 Å². The molecule has 1 aromatic carbocycles. The summed E-state index contributed by atoms with van der Waals surface area (Å²) in [5.74, 6) is 0.457. The van der Waals surface area contributed by atoms with Crippen molar-refractivity contribution >= 4 is 16.0 Å². The Morgan fingerprint density at radius 3 is 2.78 bits per heavy atom. The summed E-state index contributed by atoms with van der Waals surface area (Å²) < 4.78 is 31.8. The third-order valence-corrected chi connectivity index (χ3v) is 3.70. The Balaban J connectivity index is 2.43. The molecule has 0 saturated carbocycles. The van der Waals surface area contributed by atoms with Gasteiger partial charge in [-0.05, 0) is 24.6 Å². The molecule has 6 nitrogen and oxygen atoms in total. The fraction of sp³-hybridized carbons (Fsp3) is 0.182. The number of nitrogens with one attached hydrogen (secondary N) is 2. The monoisotopic (exact) mass is 267 g/mol. The first kappa shape index (κ1) is 12.4. The molecule has 0 saturated heterocycles. The molecule has 0 fully saturated rings. The lowest BCUT2D eigenvalue weighted by atomic mass is 10.2. The van der Waals surface area contributed by atoms with E-state index in [1.54, 1.807) is 18.2 Å². The third kappa shape index (κ3) is 2.45. The lowest BCUT2D eigenvalue weighted by molar-refractivity contribution is 0.402. The Morgan fingerprint density at radius 1 is 1.39 bits per heavy atom. The van der Waals surface area contributed by atoms with Crippen LogP contribution in [0.1, 0.15) is 5.56 Å². The zero-order valence-electron chi connectivity index (χ0n) is 9.97. The van der Waals surface area contributed by atoms with E-state index in [0.717, 1.165) is 5.56 Å². The number of hydrogen-bond donors (Lipinski definition) is 2. The number of aryl methyl sites for hydroxylation is 1. The molecule has 7 heteroatoms. The number of H-pyrrole nitrogens is 1. The summed E-state index contributed by atoms with van der Waals surface area (Å²) in [6, 6.07) is 4.95. The maximum absolute atomic E-state index is 12.2. The van der Waals surface area contributed by atoms with E-state index < -0.39 is 10.0 Å². The van der Waals surface area contributed by atoms with Gasteiger partial charge in [-0.15, -0.1) is 0 Å². The van der Waals surface area contributed by atoms with Gasteiger partial charge in [0.15, 0.2) is 0 Å². The van der Waals surface area contributed by atoms with Crippen LogP contribution in [-0.2, 0) is 10.0 Å². The number of hydrogen-bond acceptors (Lipinski definition) is 4. The standard InChI is InChI=1S/C11H13N3O3S/c1-8-3-4-9(17-2)10(7-8)18(15,16)14-11-12-5-6-13-11/h3-7H,1-2H3,(H2,12,13,14). The molecule has 0 unspecified atom stereocenters. The summed E-state index contributed by atoms with van der Waals surface area (Å²) >= 11 is 0. The van der Waals surface area contributed by atoms with Gasteiger partial charge in [0.05, 0.1) is 7.11 Å². The zero-order valence-corrected chi connectivity index (χ0v) is 10.8. The van der Waals surface area contributed by atoms with E-state index >= 15 is 0 Å². The van der Waals surface area contributed by atoms with E-state index in [4.69, 9.17) is 4.74 Å². The van der Waals surface area contributed by atoms with Crippen molar-refractivity contribution in [2.75, 3.05) is 11.8 Å². The van der Waals surface area contributed by atoms with E-state index in [0.29, 0.717) is 5.75 Å². The molecular formula is C11H13N3O3S. The molecule has 0 aliphatic carbocycles. The molecule has 2 aromatic rings. The molecule has 2 N–H and O–H groups in total. The molecule has 1 heterocycles. The Morgan fingerprint density at radius 2 is 2.17 bits per heavy atom. The first-order chi connectivity index (χ1) is 8.53. The van der Waals surface area contributed by atoms with E-state index in [1.807, 2.05) is 6.92 Å². The van der Waals surface area contributed by atoms with Gasteiger partial charge in [0.25, 0.3) is 10.0 Å². The van der Waals surface area contributed by atoms with Crippen molar-refractivity contribution in [3.63, 3.8) is 0 Å². The quantitative estimate of drug-likeness (QED) is 0.879. The van der Waals surface area contributed by atoms with Gasteiger partial charge in [-0.3, -0.25) is 0 Å². The maximum atomic E-state index is 12.2. The van der Waals surface area contributed by atoms with Crippen molar-refractivity contribution in [3.8, 4) is 5.75 Å². The number of rotatable bonds is 4. The average molecular weight is 267 g/mol. The Hall–Kier alpha value is -2.02. The molecule has 0 atom stereocenters. The van der Waals surface area contributed by atoms with Gasteiger partial charge in [0.1, 0.15) is 10.6 Å². The highest BCUT2D eigenvalue weighted by molar-refractivity contribution is 7.92. The molecule has 1 aromatic heterocycles. The van der Waals surface area contributed by atoms with Gasteiger partial charge in [-0.2, -0.15) is 0 Å². The van der Waals surface area contributed by atoms with Gasteiger partial charge < -0.3 is 9.72 Å². The summed E-state index contributed by atoms with van der Waals surface area (Å²) in [5.41, 5.74) is 0.829. The highest BCUT2D eigenvalue weighted by atomic mass is 32.2. The molecule has 0 aliphatic rings. The summed E-state index contributed by atoms with van der Waals surface area (Å²) in [6.45, 7) is 1.81. The Bertz CT molecular complexity index is 636. The summed E-state index contributed by atoms with van der Waals surface area (Å²) in [7, 11) is -2.29. The van der Waals surface area contributed by atoms with Gasteiger partial charge >= 0.3 is 0 Å². The second-order valence-corrected chi connectivity index (χ2v) is 5.35. The molecule has 2 rings (SSSR count). The van der Waals surface area contributed by atoms with Crippen molar-refractivity contribution in [1.82, 2.24) is 9.97 Å². The summed E-state index contributed by atoms with van der Waals surface area (Å²) in [6.07, 6.45) is 3.00. The van der Waals surface area contributed by atoms with Gasteiger partial charge in [-0.25, -0.2) is 18.1 Å². The minimum absolute atomic E-state index is 0.0846. The van der Waals surface area contributed by atoms with Crippen LogP contribution < -0.4 is 9.46 Å². The van der Waals surface area contributed by atoms with E-state index in [-0.39, 0.29) is 10.8 Å². The fourth-order valence-electron chi connectivity index (χ4n) is 1.50. The first-order valence-corrected chi connectivity index (χ1v) is 6.68. The van der Waals surface area contributed by atoms with Crippen molar-refractivity contribution in [2.45, 2.75) is 11.8 Å². The molecule has 0 aliphatic heterocycles. The van der Waals surface area contributed by atoms with Gasteiger partial charge in [0, 0.05) is 12.4 Å². The lowest BCUT2D eigenvalue weighted by Gasteiger charge is -2.10. The minimum Gasteiger partial charge on any atom is -0.495 e. The number of aromatic amines is 1. The van der Waals surface area contributed by atoms with Crippen LogP contribution >= 0.6 is 0 Å². The van der Waals surface area contributed by atoms with Crippen LogP contribution in [0.25, 0.3) is 0 Å². The number of nitrogens with zero attached hydrogens (tertiary/aromatic N) is 1. The average Bonchev–Trinajstić information content (AvgIpc) is 2.81. The largest absolute Gasteiger partial charge is 0.495 e.